The van der Waals surface area contributed by atoms with Crippen LogP contribution >= 0.6 is 0 Å². The van der Waals surface area contributed by atoms with Gasteiger partial charge in [-0.2, -0.15) is 0 Å². The predicted molar refractivity (Wildman–Crippen MR) is 69.6 cm³/mol. The van der Waals surface area contributed by atoms with Gasteiger partial charge >= 0.3 is 17.8 Å². The molecule has 1 rings (SSSR count). The van der Waals surface area contributed by atoms with Crippen LogP contribution in [0.2, 0.25) is 0 Å². The van der Waals surface area contributed by atoms with E-state index in [-0.39, 0.29) is 19.7 Å². The van der Waals surface area contributed by atoms with Crippen LogP contribution in [0.25, 0.3) is 0 Å². The highest BCUT2D eigenvalue weighted by atomic mass is 16.5. The third-order valence-electron chi connectivity index (χ3n) is 3.34. The molecule has 0 unspecified atom stereocenters. The smallest absolute Gasteiger partial charge is 0.319 e. The fourth-order valence-corrected chi connectivity index (χ4v) is 1.72. The number of ether oxygens (including phenoxy) is 1. The van der Waals surface area contributed by atoms with Crippen molar-refractivity contribution >= 4 is 23.6 Å². The first-order valence-corrected chi connectivity index (χ1v) is 6.46. The topological polar surface area (TPSA) is 84.0 Å². The lowest BCUT2D eigenvalue weighted by Gasteiger charge is -2.32. The Kier molecular flexibility index (Phi) is 4.86. The van der Waals surface area contributed by atoms with Crippen LogP contribution in [0.15, 0.2) is 0 Å². The average Bonchev–Trinajstić information content (AvgIpc) is 2.39. The summed E-state index contributed by atoms with van der Waals surface area (Å²) < 4.78 is 4.84. The third kappa shape index (κ3) is 3.15. The van der Waals surface area contributed by atoms with Gasteiger partial charge in [-0.25, -0.2) is 0 Å². The Morgan fingerprint density at radius 3 is 2.35 bits per heavy atom. The van der Waals surface area contributed by atoms with Gasteiger partial charge in [0.05, 0.1) is 13.2 Å². The van der Waals surface area contributed by atoms with Crippen LogP contribution in [0.4, 0.5) is 0 Å². The highest BCUT2D eigenvalue weighted by Crippen LogP contribution is 2.20. The zero-order valence-corrected chi connectivity index (χ0v) is 12.3. The number of hydrogen-bond acceptors (Lipinski definition) is 5. The number of ketones is 1. The van der Waals surface area contributed by atoms with E-state index in [0.29, 0.717) is 6.54 Å². The number of Topliss-reactive ketones (excluding diaryl/α,β-unsaturated/α-hetero) is 1. The lowest BCUT2D eigenvalue weighted by molar-refractivity contribution is -0.161. The molecule has 1 aliphatic rings. The van der Waals surface area contributed by atoms with E-state index in [1.54, 1.807) is 6.92 Å². The summed E-state index contributed by atoms with van der Waals surface area (Å²) in [6.45, 7) is 5.14. The van der Waals surface area contributed by atoms with Gasteiger partial charge in [0.25, 0.3) is 0 Å². The molecule has 0 spiro atoms. The van der Waals surface area contributed by atoms with E-state index in [0.717, 1.165) is 0 Å². The quantitative estimate of drug-likeness (QED) is 0.384. The summed E-state index contributed by atoms with van der Waals surface area (Å²) >= 11 is 0. The van der Waals surface area contributed by atoms with Crippen molar-refractivity contribution in [3.05, 3.63) is 0 Å². The molecule has 1 aliphatic heterocycles. The standard InChI is InChI=1S/C13H20N2O5/c1-5-20-12(19)13(2,3)9(16)8-15-7-6-14(4)10(17)11(15)18/h5-8H2,1-4H3. The maximum absolute atomic E-state index is 12.2. The Balaban J connectivity index is 2.73. The molecule has 0 bridgehead atoms. The summed E-state index contributed by atoms with van der Waals surface area (Å²) in [7, 11) is 1.53. The van der Waals surface area contributed by atoms with Gasteiger partial charge in [0.2, 0.25) is 0 Å². The molecule has 1 fully saturated rings. The minimum atomic E-state index is -1.33. The van der Waals surface area contributed by atoms with Crippen molar-refractivity contribution in [2.75, 3.05) is 33.3 Å². The van der Waals surface area contributed by atoms with Crippen LogP contribution in [0.3, 0.4) is 0 Å². The Bertz CT molecular complexity index is 444. The van der Waals surface area contributed by atoms with E-state index in [2.05, 4.69) is 0 Å². The molecule has 0 aromatic rings. The molecule has 20 heavy (non-hydrogen) atoms. The molecule has 2 amide bonds. The molecule has 112 valence electrons. The zero-order chi connectivity index (χ0) is 15.5. The van der Waals surface area contributed by atoms with Gasteiger partial charge in [0, 0.05) is 20.1 Å². The van der Waals surface area contributed by atoms with Crippen LogP contribution in [-0.2, 0) is 23.9 Å². The van der Waals surface area contributed by atoms with Crippen molar-refractivity contribution in [1.29, 1.82) is 0 Å². The largest absolute Gasteiger partial charge is 0.465 e. The fourth-order valence-electron chi connectivity index (χ4n) is 1.72. The summed E-state index contributed by atoms with van der Waals surface area (Å²) in [5.41, 5.74) is -1.33. The normalized spacial score (nSPS) is 16.4. The second kappa shape index (κ2) is 6.02. The minimum absolute atomic E-state index is 0.182. The van der Waals surface area contributed by atoms with E-state index in [1.165, 1.54) is 30.7 Å². The number of carbonyl (C=O) groups excluding carboxylic acids is 4. The molecule has 0 atom stereocenters. The number of piperazine rings is 1. The molecule has 0 radical (unpaired) electrons. The SMILES string of the molecule is CCOC(=O)C(C)(C)C(=O)CN1CCN(C)C(=O)C1=O. The lowest BCUT2D eigenvalue weighted by Crippen LogP contribution is -2.55. The predicted octanol–water partition coefficient (Wildman–Crippen LogP) is -0.555. The van der Waals surface area contributed by atoms with Crippen LogP contribution < -0.4 is 0 Å². The number of carbonyl (C=O) groups is 4. The van der Waals surface area contributed by atoms with Gasteiger partial charge in [-0.3, -0.25) is 19.2 Å². The molecule has 1 heterocycles. The van der Waals surface area contributed by atoms with Gasteiger partial charge in [0.1, 0.15) is 5.41 Å². The Morgan fingerprint density at radius 2 is 1.80 bits per heavy atom. The monoisotopic (exact) mass is 284 g/mol. The fraction of sp³-hybridized carbons (Fsp3) is 0.692. The molecule has 1 saturated heterocycles. The van der Waals surface area contributed by atoms with Crippen LogP contribution in [0.5, 0.6) is 0 Å². The second-order valence-electron chi connectivity index (χ2n) is 5.22. The highest BCUT2D eigenvalue weighted by molar-refractivity contribution is 6.35. The van der Waals surface area contributed by atoms with Crippen molar-refractivity contribution in [3.63, 3.8) is 0 Å². The van der Waals surface area contributed by atoms with Crippen molar-refractivity contribution in [2.24, 2.45) is 5.41 Å². The first-order chi connectivity index (χ1) is 9.21. The maximum atomic E-state index is 12.2. The van der Waals surface area contributed by atoms with Gasteiger partial charge < -0.3 is 14.5 Å². The number of rotatable bonds is 5. The van der Waals surface area contributed by atoms with Crippen molar-refractivity contribution in [2.45, 2.75) is 20.8 Å². The lowest BCUT2D eigenvalue weighted by atomic mass is 9.87. The first kappa shape index (κ1) is 16.1. The average molecular weight is 284 g/mol. The minimum Gasteiger partial charge on any atom is -0.465 e. The van der Waals surface area contributed by atoms with Gasteiger partial charge in [-0.1, -0.05) is 0 Å². The number of hydrogen-bond donors (Lipinski definition) is 0. The molecule has 7 nitrogen and oxygen atoms in total. The second-order valence-corrected chi connectivity index (χ2v) is 5.22. The van der Waals surface area contributed by atoms with E-state index in [4.69, 9.17) is 4.74 Å². The number of nitrogens with zero attached hydrogens (tertiary/aromatic N) is 2. The Morgan fingerprint density at radius 1 is 1.20 bits per heavy atom. The van der Waals surface area contributed by atoms with E-state index in [9.17, 15) is 19.2 Å². The molecule has 0 aromatic carbocycles. The van der Waals surface area contributed by atoms with E-state index >= 15 is 0 Å². The Hall–Kier alpha value is -1.92. The van der Waals surface area contributed by atoms with Crippen LogP contribution in [0.1, 0.15) is 20.8 Å². The first-order valence-electron chi connectivity index (χ1n) is 6.46. The zero-order valence-electron chi connectivity index (χ0n) is 12.3. The van der Waals surface area contributed by atoms with Crippen LogP contribution in [-0.4, -0.2) is 66.7 Å². The van der Waals surface area contributed by atoms with Gasteiger partial charge in [0.15, 0.2) is 5.78 Å². The van der Waals surface area contributed by atoms with Crippen LogP contribution in [0, 0.1) is 5.41 Å². The number of likely N-dealkylation sites (N-methyl/N-ethyl adjacent to an activating group) is 1. The van der Waals surface area contributed by atoms with Crippen molar-refractivity contribution in [1.82, 2.24) is 9.80 Å². The summed E-state index contributed by atoms with van der Waals surface area (Å²) in [4.78, 5) is 49.7. The summed E-state index contributed by atoms with van der Waals surface area (Å²) in [6.07, 6.45) is 0. The Labute approximate surface area is 117 Å². The highest BCUT2D eigenvalue weighted by Gasteiger charge is 2.40. The molecule has 7 heteroatoms. The van der Waals surface area contributed by atoms with Crippen molar-refractivity contribution in [3.8, 4) is 0 Å². The van der Waals surface area contributed by atoms with E-state index in [1.807, 2.05) is 0 Å². The van der Waals surface area contributed by atoms with E-state index < -0.39 is 29.0 Å². The molecule has 0 aromatic heterocycles. The molecular formula is C13H20N2O5. The third-order valence-corrected chi connectivity index (χ3v) is 3.34. The molecule has 0 saturated carbocycles. The summed E-state index contributed by atoms with van der Waals surface area (Å²) in [5.74, 6) is -2.43. The molecule has 0 aliphatic carbocycles. The van der Waals surface area contributed by atoms with Gasteiger partial charge in [-0.15, -0.1) is 0 Å². The summed E-state index contributed by atoms with van der Waals surface area (Å²) in [6, 6.07) is 0. The molecular weight excluding hydrogens is 264 g/mol. The van der Waals surface area contributed by atoms with Crippen molar-refractivity contribution < 1.29 is 23.9 Å². The molecule has 0 N–H and O–H groups in total. The number of amides is 2. The summed E-state index contributed by atoms with van der Waals surface area (Å²) in [5, 5.41) is 0. The van der Waals surface area contributed by atoms with Gasteiger partial charge in [-0.05, 0) is 20.8 Å². The number of esters is 1. The maximum Gasteiger partial charge on any atom is 0.319 e.